The van der Waals surface area contributed by atoms with Crippen LogP contribution in [-0.4, -0.2) is 45.4 Å². The first-order valence-electron chi connectivity index (χ1n) is 14.2. The lowest BCUT2D eigenvalue weighted by Crippen LogP contribution is -2.20. The Kier molecular flexibility index (Phi) is 8.54. The summed E-state index contributed by atoms with van der Waals surface area (Å²) in [7, 11) is 0. The van der Waals surface area contributed by atoms with Crippen LogP contribution in [0.4, 0.5) is 28.8 Å². The van der Waals surface area contributed by atoms with Crippen molar-refractivity contribution in [1.29, 1.82) is 0 Å². The van der Waals surface area contributed by atoms with Gasteiger partial charge in [-0.15, -0.1) is 0 Å². The number of aryl methyl sites for hydroxylation is 1. The molecule has 42 heavy (non-hydrogen) atoms. The molecule has 3 heterocycles. The molecule has 1 aliphatic heterocycles. The van der Waals surface area contributed by atoms with E-state index in [1.165, 1.54) is 44.5 Å². The molecule has 212 valence electrons. The van der Waals surface area contributed by atoms with E-state index in [1.807, 2.05) is 48.5 Å². The summed E-state index contributed by atoms with van der Waals surface area (Å²) in [5.74, 6) is 0.757. The van der Waals surface area contributed by atoms with Gasteiger partial charge in [-0.2, -0.15) is 0 Å². The molecule has 0 unspecified atom stereocenters. The van der Waals surface area contributed by atoms with E-state index in [0.717, 1.165) is 23.0 Å². The number of nitrogens with one attached hydrogen (secondary N) is 3. The van der Waals surface area contributed by atoms with Crippen molar-refractivity contribution >= 4 is 57.2 Å². The summed E-state index contributed by atoms with van der Waals surface area (Å²) in [6.07, 6.45) is 8.05. The van der Waals surface area contributed by atoms with Crippen LogP contribution in [0.5, 0.6) is 0 Å². The van der Waals surface area contributed by atoms with Crippen molar-refractivity contribution in [2.45, 2.75) is 25.7 Å². The third kappa shape index (κ3) is 7.02. The van der Waals surface area contributed by atoms with Crippen molar-refractivity contribution in [2.24, 2.45) is 0 Å². The summed E-state index contributed by atoms with van der Waals surface area (Å²) in [5.41, 5.74) is 4.60. The Morgan fingerprint density at radius 1 is 0.833 bits per heavy atom. The van der Waals surface area contributed by atoms with Crippen LogP contribution < -0.4 is 16.0 Å². The number of carbonyl (C=O) groups is 1. The number of pyridine rings is 1. The van der Waals surface area contributed by atoms with Gasteiger partial charge in [0.15, 0.2) is 0 Å². The van der Waals surface area contributed by atoms with Gasteiger partial charge in [-0.05, 0) is 99.4 Å². The van der Waals surface area contributed by atoms with E-state index in [9.17, 15) is 4.79 Å². The van der Waals surface area contributed by atoms with E-state index in [1.54, 1.807) is 30.6 Å². The number of nitrogens with zero attached hydrogens (tertiary/aromatic N) is 4. The number of rotatable bonds is 10. The first-order valence-corrected chi connectivity index (χ1v) is 14.6. The second-order valence-electron chi connectivity index (χ2n) is 10.4. The summed E-state index contributed by atoms with van der Waals surface area (Å²) >= 11 is 6.38. The average Bonchev–Trinajstić information content (AvgIpc) is 3.53. The lowest BCUT2D eigenvalue weighted by molar-refractivity contribution is 0.102. The fourth-order valence-corrected chi connectivity index (χ4v) is 5.32. The Hall–Kier alpha value is -4.53. The SMILES string of the molecule is O=C(Nc1cnc(Nc2ccc(CCCN3CCCC3)cc2)nc1)c1cc(Nc2ccc3ccccc3n2)ccc1Cl. The third-order valence-electron chi connectivity index (χ3n) is 7.34. The predicted molar refractivity (Wildman–Crippen MR) is 170 cm³/mol. The van der Waals surface area contributed by atoms with E-state index in [0.29, 0.717) is 33.7 Å². The molecule has 0 atom stereocenters. The van der Waals surface area contributed by atoms with Crippen LogP contribution in [0.25, 0.3) is 10.9 Å². The molecule has 8 nitrogen and oxygen atoms in total. The van der Waals surface area contributed by atoms with Gasteiger partial charge in [-0.3, -0.25) is 4.79 Å². The molecule has 0 aliphatic carbocycles. The van der Waals surface area contributed by atoms with Crippen LogP contribution in [0.15, 0.2) is 91.3 Å². The highest BCUT2D eigenvalue weighted by molar-refractivity contribution is 6.34. The fraction of sp³-hybridized carbons (Fsp3) is 0.212. The van der Waals surface area contributed by atoms with Gasteiger partial charge < -0.3 is 20.9 Å². The number of halogens is 1. The van der Waals surface area contributed by atoms with Gasteiger partial charge in [0.2, 0.25) is 5.95 Å². The van der Waals surface area contributed by atoms with Crippen molar-refractivity contribution < 1.29 is 4.79 Å². The Labute approximate surface area is 250 Å². The van der Waals surface area contributed by atoms with Gasteiger partial charge in [0, 0.05) is 16.8 Å². The van der Waals surface area contributed by atoms with Crippen LogP contribution in [0.2, 0.25) is 5.02 Å². The third-order valence-corrected chi connectivity index (χ3v) is 7.67. The largest absolute Gasteiger partial charge is 0.340 e. The van der Waals surface area contributed by atoms with Crippen LogP contribution in [-0.2, 0) is 6.42 Å². The van der Waals surface area contributed by atoms with Gasteiger partial charge in [0.1, 0.15) is 5.82 Å². The molecule has 0 spiro atoms. The monoisotopic (exact) mass is 577 g/mol. The number of hydrogen-bond acceptors (Lipinski definition) is 7. The van der Waals surface area contributed by atoms with Crippen molar-refractivity contribution in [3.63, 3.8) is 0 Å². The Morgan fingerprint density at radius 2 is 1.60 bits per heavy atom. The number of aromatic nitrogens is 3. The minimum atomic E-state index is -0.361. The van der Waals surface area contributed by atoms with Gasteiger partial charge in [-0.1, -0.05) is 41.9 Å². The highest BCUT2D eigenvalue weighted by Crippen LogP contribution is 2.25. The van der Waals surface area contributed by atoms with Crippen molar-refractivity contribution in [2.75, 3.05) is 35.6 Å². The molecule has 1 amide bonds. The van der Waals surface area contributed by atoms with Gasteiger partial charge >= 0.3 is 0 Å². The second kappa shape index (κ2) is 13.0. The molecule has 6 rings (SSSR count). The molecule has 2 aromatic heterocycles. The van der Waals surface area contributed by atoms with Gasteiger partial charge in [0.25, 0.3) is 5.91 Å². The molecule has 1 saturated heterocycles. The molecule has 1 aliphatic rings. The molecule has 5 aromatic rings. The number of fused-ring (bicyclic) bond motifs is 1. The van der Waals surface area contributed by atoms with E-state index < -0.39 is 0 Å². The quantitative estimate of drug-likeness (QED) is 0.159. The molecule has 3 N–H and O–H groups in total. The predicted octanol–water partition coefficient (Wildman–Crippen LogP) is 7.45. The van der Waals surface area contributed by atoms with E-state index >= 15 is 0 Å². The summed E-state index contributed by atoms with van der Waals surface area (Å²) in [5, 5.41) is 10.7. The van der Waals surface area contributed by atoms with E-state index in [2.05, 4.69) is 47.9 Å². The molecular formula is C33H32ClN7O. The normalized spacial score (nSPS) is 13.3. The highest BCUT2D eigenvalue weighted by Gasteiger charge is 2.13. The fourth-order valence-electron chi connectivity index (χ4n) is 5.11. The zero-order valence-corrected chi connectivity index (χ0v) is 23.9. The summed E-state index contributed by atoms with van der Waals surface area (Å²) in [6.45, 7) is 3.66. The topological polar surface area (TPSA) is 95.1 Å². The Bertz CT molecular complexity index is 1670. The number of amides is 1. The Morgan fingerprint density at radius 3 is 2.40 bits per heavy atom. The molecule has 3 aromatic carbocycles. The van der Waals surface area contributed by atoms with Crippen LogP contribution in [0.3, 0.4) is 0 Å². The Balaban J connectivity index is 1.04. The van der Waals surface area contributed by atoms with Crippen molar-refractivity contribution in [3.8, 4) is 0 Å². The van der Waals surface area contributed by atoms with Crippen LogP contribution in [0.1, 0.15) is 35.2 Å². The number of anilines is 5. The zero-order valence-electron chi connectivity index (χ0n) is 23.2. The number of benzene rings is 3. The molecule has 0 saturated carbocycles. The van der Waals surface area contributed by atoms with E-state index in [-0.39, 0.29) is 5.91 Å². The van der Waals surface area contributed by atoms with E-state index in [4.69, 9.17) is 11.6 Å². The molecule has 0 radical (unpaired) electrons. The van der Waals surface area contributed by atoms with Gasteiger partial charge in [0.05, 0.1) is 34.2 Å². The number of carbonyl (C=O) groups excluding carboxylic acids is 1. The maximum absolute atomic E-state index is 13.1. The summed E-state index contributed by atoms with van der Waals surface area (Å²) < 4.78 is 0. The van der Waals surface area contributed by atoms with Crippen LogP contribution in [0, 0.1) is 0 Å². The maximum Gasteiger partial charge on any atom is 0.257 e. The summed E-state index contributed by atoms with van der Waals surface area (Å²) in [6, 6.07) is 25.3. The van der Waals surface area contributed by atoms with Crippen molar-refractivity contribution in [3.05, 3.63) is 107 Å². The first kappa shape index (κ1) is 27.6. The average molecular weight is 578 g/mol. The zero-order chi connectivity index (χ0) is 28.7. The number of para-hydroxylation sites is 1. The molecule has 9 heteroatoms. The number of hydrogen-bond donors (Lipinski definition) is 3. The number of likely N-dealkylation sites (tertiary alicyclic amines) is 1. The standard InChI is InChI=1S/C33H32ClN7O/c34-29-15-14-26(37-31-16-11-24-7-1-2-8-30(24)40-31)20-28(29)32(42)38-27-21-35-33(36-22-27)39-25-12-9-23(10-13-25)6-5-19-41-17-3-4-18-41/h1-2,7-16,20-22H,3-6,17-19H2,(H,37,40)(H,38,42)(H,35,36,39). The highest BCUT2D eigenvalue weighted by atomic mass is 35.5. The van der Waals surface area contributed by atoms with Gasteiger partial charge in [-0.25, -0.2) is 15.0 Å². The lowest BCUT2D eigenvalue weighted by atomic mass is 10.1. The first-order chi connectivity index (χ1) is 20.6. The maximum atomic E-state index is 13.1. The molecular weight excluding hydrogens is 546 g/mol. The molecule has 1 fully saturated rings. The minimum absolute atomic E-state index is 0.324. The second-order valence-corrected chi connectivity index (χ2v) is 10.8. The molecule has 0 bridgehead atoms. The summed E-state index contributed by atoms with van der Waals surface area (Å²) in [4.78, 5) is 29.0. The minimum Gasteiger partial charge on any atom is -0.340 e. The van der Waals surface area contributed by atoms with Crippen LogP contribution >= 0.6 is 11.6 Å². The smallest absolute Gasteiger partial charge is 0.257 e. The lowest BCUT2D eigenvalue weighted by Gasteiger charge is -2.14. The van der Waals surface area contributed by atoms with Crippen molar-refractivity contribution in [1.82, 2.24) is 19.9 Å².